The van der Waals surface area contributed by atoms with Crippen molar-refractivity contribution >= 4 is 22.7 Å². The molecule has 1 N–H and O–H groups in total. The number of benzene rings is 3. The zero-order valence-electron chi connectivity index (χ0n) is 23.0. The fourth-order valence-electron chi connectivity index (χ4n) is 5.26. The molecule has 9 heteroatoms. The lowest BCUT2D eigenvalue weighted by atomic mass is 9.94. The second-order valence-electron chi connectivity index (χ2n) is 9.98. The van der Waals surface area contributed by atoms with Gasteiger partial charge >= 0.3 is 0 Å². The maximum atomic E-state index is 14.0. The van der Waals surface area contributed by atoms with Crippen molar-refractivity contribution in [2.45, 2.75) is 25.6 Å². The van der Waals surface area contributed by atoms with Crippen LogP contribution in [0.2, 0.25) is 0 Å². The number of furan rings is 1. The van der Waals surface area contributed by atoms with Gasteiger partial charge in [0, 0.05) is 30.9 Å². The van der Waals surface area contributed by atoms with E-state index in [-0.39, 0.29) is 11.3 Å². The molecule has 0 fully saturated rings. The summed E-state index contributed by atoms with van der Waals surface area (Å²) in [6.45, 7) is 1.27. The Kier molecular flexibility index (Phi) is 7.47. The molecular formula is C33H29N3O6. The number of ether oxygens (including phenoxy) is 2. The van der Waals surface area contributed by atoms with Crippen LogP contribution in [-0.2, 0) is 17.9 Å². The highest BCUT2D eigenvalue weighted by Gasteiger charge is 2.44. The van der Waals surface area contributed by atoms with Crippen molar-refractivity contribution < 1.29 is 28.6 Å². The Labute approximate surface area is 242 Å². The van der Waals surface area contributed by atoms with Gasteiger partial charge in [0.25, 0.3) is 5.91 Å². The second-order valence-corrected chi connectivity index (χ2v) is 9.98. The molecule has 0 aliphatic carbocycles. The molecule has 0 saturated heterocycles. The van der Waals surface area contributed by atoms with E-state index >= 15 is 0 Å². The monoisotopic (exact) mass is 563 g/mol. The van der Waals surface area contributed by atoms with Crippen molar-refractivity contribution in [2.75, 3.05) is 13.7 Å². The molecule has 1 unspecified atom stereocenters. The number of aliphatic hydroxyl groups excluding tert-OH is 1. The van der Waals surface area contributed by atoms with Crippen molar-refractivity contribution in [2.24, 2.45) is 0 Å². The maximum absolute atomic E-state index is 14.0. The largest absolute Gasteiger partial charge is 0.503 e. The minimum absolute atomic E-state index is 0.00518. The minimum Gasteiger partial charge on any atom is -0.503 e. The van der Waals surface area contributed by atoms with E-state index in [1.807, 2.05) is 59.3 Å². The highest BCUT2D eigenvalue weighted by molar-refractivity contribution is 6.16. The van der Waals surface area contributed by atoms with Crippen LogP contribution in [0.1, 0.15) is 34.1 Å². The number of rotatable bonds is 11. The molecule has 0 spiro atoms. The number of aromatic nitrogens is 2. The topological polar surface area (TPSA) is 107 Å². The standard InChI is InChI=1S/C33H29N3O6/c1-40-26-13-6-11-24-19-27(42-32(24)26)30(37)28-29(36(33(39)31(28)38)16-7-15-35-17-14-34-21-35)23-10-5-12-25(18-23)41-20-22-8-3-2-4-9-22/h2-6,8-14,17-19,21,29,38H,7,15-16,20H2,1H3. The molecule has 3 heterocycles. The number of aryl methyl sites for hydroxylation is 1. The average Bonchev–Trinajstić information content (AvgIpc) is 3.76. The summed E-state index contributed by atoms with van der Waals surface area (Å²) >= 11 is 0. The first-order chi connectivity index (χ1) is 20.5. The molecule has 1 amide bonds. The molecule has 212 valence electrons. The summed E-state index contributed by atoms with van der Waals surface area (Å²) in [5.74, 6) is -0.710. The van der Waals surface area contributed by atoms with Crippen LogP contribution in [0.4, 0.5) is 0 Å². The van der Waals surface area contributed by atoms with Crippen molar-refractivity contribution in [3.8, 4) is 11.5 Å². The van der Waals surface area contributed by atoms with Crippen LogP contribution in [0, 0.1) is 0 Å². The summed E-state index contributed by atoms with van der Waals surface area (Å²) in [5.41, 5.74) is 2.02. The Balaban J connectivity index is 1.34. The number of ketones is 1. The molecule has 5 aromatic rings. The molecule has 1 aliphatic rings. The molecule has 3 aromatic carbocycles. The third-order valence-corrected chi connectivity index (χ3v) is 7.30. The second kappa shape index (κ2) is 11.7. The Hall–Kier alpha value is -5.31. The van der Waals surface area contributed by atoms with Crippen LogP contribution < -0.4 is 9.47 Å². The van der Waals surface area contributed by atoms with Gasteiger partial charge in [-0.2, -0.15) is 0 Å². The number of nitrogens with zero attached hydrogens (tertiary/aromatic N) is 3. The van der Waals surface area contributed by atoms with E-state index in [1.54, 1.807) is 42.9 Å². The summed E-state index contributed by atoms with van der Waals surface area (Å²) in [7, 11) is 1.52. The molecule has 0 radical (unpaired) electrons. The molecule has 9 nitrogen and oxygen atoms in total. The summed E-state index contributed by atoms with van der Waals surface area (Å²) in [6.07, 6.45) is 5.82. The number of fused-ring (bicyclic) bond motifs is 1. The third kappa shape index (κ3) is 5.24. The van der Waals surface area contributed by atoms with Crippen LogP contribution >= 0.6 is 0 Å². The molecule has 2 aromatic heterocycles. The first-order valence-corrected chi connectivity index (χ1v) is 13.6. The zero-order valence-corrected chi connectivity index (χ0v) is 23.0. The number of hydrogen-bond acceptors (Lipinski definition) is 7. The van der Waals surface area contributed by atoms with E-state index in [4.69, 9.17) is 13.9 Å². The first-order valence-electron chi connectivity index (χ1n) is 13.6. The van der Waals surface area contributed by atoms with Crippen molar-refractivity contribution in [1.82, 2.24) is 14.5 Å². The van der Waals surface area contributed by atoms with Gasteiger partial charge in [0.1, 0.15) is 12.4 Å². The number of Topliss-reactive ketones (excluding diaryl/α,β-unsaturated/α-hetero) is 1. The molecule has 1 aliphatic heterocycles. The van der Waals surface area contributed by atoms with E-state index in [9.17, 15) is 14.7 Å². The highest BCUT2D eigenvalue weighted by atomic mass is 16.5. The molecule has 0 saturated carbocycles. The van der Waals surface area contributed by atoms with Gasteiger partial charge in [-0.15, -0.1) is 0 Å². The number of hydrogen-bond donors (Lipinski definition) is 1. The number of carbonyl (C=O) groups excluding carboxylic acids is 2. The number of methoxy groups -OCH3 is 1. The van der Waals surface area contributed by atoms with Gasteiger partial charge < -0.3 is 28.5 Å². The van der Waals surface area contributed by atoms with Crippen molar-refractivity contribution in [1.29, 1.82) is 0 Å². The smallest absolute Gasteiger partial charge is 0.290 e. The van der Waals surface area contributed by atoms with Crippen LogP contribution in [0.5, 0.6) is 11.5 Å². The maximum Gasteiger partial charge on any atom is 0.290 e. The quantitative estimate of drug-likeness (QED) is 0.200. The van der Waals surface area contributed by atoms with E-state index in [0.29, 0.717) is 54.1 Å². The fraction of sp³-hybridized carbons (Fsp3) is 0.182. The van der Waals surface area contributed by atoms with Crippen LogP contribution in [0.3, 0.4) is 0 Å². The van der Waals surface area contributed by atoms with Gasteiger partial charge in [0.05, 0.1) is 25.1 Å². The number of imidazole rings is 1. The fourth-order valence-corrected chi connectivity index (χ4v) is 5.26. The Morgan fingerprint density at radius 2 is 1.86 bits per heavy atom. The summed E-state index contributed by atoms with van der Waals surface area (Å²) in [4.78, 5) is 33.0. The summed E-state index contributed by atoms with van der Waals surface area (Å²) < 4.78 is 19.3. The van der Waals surface area contributed by atoms with Crippen molar-refractivity contribution in [3.63, 3.8) is 0 Å². The molecule has 1 atom stereocenters. The molecule has 0 bridgehead atoms. The summed E-state index contributed by atoms with van der Waals surface area (Å²) in [6, 6.07) is 23.1. The van der Waals surface area contributed by atoms with E-state index in [0.717, 1.165) is 5.56 Å². The first kappa shape index (κ1) is 26.9. The lowest BCUT2D eigenvalue weighted by Crippen LogP contribution is -2.32. The number of amides is 1. The van der Waals surface area contributed by atoms with Gasteiger partial charge in [-0.05, 0) is 41.8 Å². The number of para-hydroxylation sites is 1. The predicted molar refractivity (Wildman–Crippen MR) is 155 cm³/mol. The normalized spacial score (nSPS) is 15.0. The predicted octanol–water partition coefficient (Wildman–Crippen LogP) is 5.89. The van der Waals surface area contributed by atoms with Crippen LogP contribution in [-0.4, -0.2) is 44.9 Å². The van der Waals surface area contributed by atoms with Gasteiger partial charge in [-0.3, -0.25) is 9.59 Å². The van der Waals surface area contributed by atoms with Crippen LogP contribution in [0.15, 0.2) is 113 Å². The van der Waals surface area contributed by atoms with E-state index in [1.165, 1.54) is 12.0 Å². The Morgan fingerprint density at radius 1 is 1.02 bits per heavy atom. The highest BCUT2D eigenvalue weighted by Crippen LogP contribution is 2.41. The van der Waals surface area contributed by atoms with Crippen molar-refractivity contribution in [3.05, 3.63) is 126 Å². The SMILES string of the molecule is COc1cccc2cc(C(=O)C3=C(O)C(=O)N(CCCn4ccnc4)C3c3cccc(OCc4ccccc4)c3)oc12. The van der Waals surface area contributed by atoms with E-state index < -0.39 is 23.5 Å². The number of carbonyl (C=O) groups is 2. The summed E-state index contributed by atoms with van der Waals surface area (Å²) in [5, 5.41) is 11.8. The minimum atomic E-state index is -0.844. The Morgan fingerprint density at radius 3 is 2.64 bits per heavy atom. The lowest BCUT2D eigenvalue weighted by molar-refractivity contribution is -0.129. The van der Waals surface area contributed by atoms with Gasteiger partial charge in [0.2, 0.25) is 5.78 Å². The third-order valence-electron chi connectivity index (χ3n) is 7.30. The Bertz CT molecular complexity index is 1760. The number of aliphatic hydroxyl groups is 1. The molecular weight excluding hydrogens is 534 g/mol. The molecule has 6 rings (SSSR count). The van der Waals surface area contributed by atoms with Gasteiger partial charge in [-0.25, -0.2) is 4.98 Å². The van der Waals surface area contributed by atoms with E-state index in [2.05, 4.69) is 4.98 Å². The van der Waals surface area contributed by atoms with Gasteiger partial charge in [0.15, 0.2) is 22.9 Å². The molecule has 42 heavy (non-hydrogen) atoms. The zero-order chi connectivity index (χ0) is 29.1. The lowest BCUT2D eigenvalue weighted by Gasteiger charge is -2.27. The van der Waals surface area contributed by atoms with Gasteiger partial charge in [-0.1, -0.05) is 54.6 Å². The average molecular weight is 564 g/mol. The van der Waals surface area contributed by atoms with Crippen LogP contribution in [0.25, 0.3) is 11.0 Å².